The van der Waals surface area contributed by atoms with E-state index in [2.05, 4.69) is 19.9 Å². The lowest BCUT2D eigenvalue weighted by molar-refractivity contribution is -0.120. The molecule has 2 heteroatoms. The van der Waals surface area contributed by atoms with Crippen LogP contribution in [0.3, 0.4) is 0 Å². The molecule has 4 aliphatic rings. The molecule has 0 unspecified atom stereocenters. The topological polar surface area (TPSA) is 44.0 Å². The second-order valence-corrected chi connectivity index (χ2v) is 9.59. The Bertz CT molecular complexity index is 561. The van der Waals surface area contributed by atoms with Gasteiger partial charge < -0.3 is 5.11 Å². The number of rotatable bonds is 0. The van der Waals surface area contributed by atoms with Gasteiger partial charge in [-0.1, -0.05) is 19.4 Å². The first-order chi connectivity index (χ1) is 11.0. The number of aliphatic hydroxyl groups is 1. The van der Waals surface area contributed by atoms with Crippen LogP contribution in [-0.2, 0) is 0 Å². The predicted molar refractivity (Wildman–Crippen MR) is 91.4 cm³/mol. The van der Waals surface area contributed by atoms with Crippen molar-refractivity contribution in [3.63, 3.8) is 0 Å². The lowest BCUT2D eigenvalue weighted by Gasteiger charge is -2.60. The van der Waals surface area contributed by atoms with Crippen molar-refractivity contribution in [1.29, 1.82) is 5.26 Å². The maximum absolute atomic E-state index is 10.1. The fourth-order valence-electron chi connectivity index (χ4n) is 7.32. The number of allylic oxidation sites excluding steroid dienone is 2. The summed E-state index contributed by atoms with van der Waals surface area (Å²) in [5, 5.41) is 19.2. The fraction of sp³-hybridized carbons (Fsp3) is 0.857. The summed E-state index contributed by atoms with van der Waals surface area (Å²) in [4.78, 5) is 0. The molecule has 4 aliphatic carbocycles. The van der Waals surface area contributed by atoms with Gasteiger partial charge in [-0.25, -0.2) is 0 Å². The molecule has 23 heavy (non-hydrogen) atoms. The molecule has 0 saturated heterocycles. The first-order valence-corrected chi connectivity index (χ1v) is 9.72. The quantitative estimate of drug-likeness (QED) is 0.650. The van der Waals surface area contributed by atoms with Crippen LogP contribution >= 0.6 is 0 Å². The summed E-state index contributed by atoms with van der Waals surface area (Å²) in [6.45, 7) is 5.04. The highest BCUT2D eigenvalue weighted by Crippen LogP contribution is 2.66. The fourth-order valence-corrected chi connectivity index (χ4v) is 7.32. The number of aliphatic hydroxyl groups excluding tert-OH is 1. The zero-order valence-electron chi connectivity index (χ0n) is 14.7. The van der Waals surface area contributed by atoms with Gasteiger partial charge in [-0.15, -0.1) is 0 Å². The minimum atomic E-state index is -0.0462. The minimum absolute atomic E-state index is 0.0462. The molecule has 0 aromatic rings. The van der Waals surface area contributed by atoms with Gasteiger partial charge >= 0.3 is 0 Å². The van der Waals surface area contributed by atoms with Gasteiger partial charge in [-0.3, -0.25) is 0 Å². The number of fused-ring (bicyclic) bond motifs is 5. The summed E-state index contributed by atoms with van der Waals surface area (Å²) in [5.41, 5.74) is 2.32. The average molecular weight is 313 g/mol. The normalized spacial score (nSPS) is 54.0. The minimum Gasteiger partial charge on any atom is -0.393 e. The summed E-state index contributed by atoms with van der Waals surface area (Å²) in [6, 6.07) is 2.28. The Morgan fingerprint density at radius 3 is 2.74 bits per heavy atom. The van der Waals surface area contributed by atoms with Crippen molar-refractivity contribution >= 4 is 0 Å². The number of nitrogens with zero attached hydrogens (tertiary/aromatic N) is 1. The molecule has 2 nitrogen and oxygen atoms in total. The third kappa shape index (κ3) is 2.30. The van der Waals surface area contributed by atoms with Crippen LogP contribution in [-0.4, -0.2) is 11.2 Å². The summed E-state index contributed by atoms with van der Waals surface area (Å²) < 4.78 is 0. The zero-order valence-corrected chi connectivity index (χ0v) is 14.7. The standard InChI is InChI=1S/C21H31NO/c1-20-8-6-18-17(19(20)11-14(13-20)7-10-22)4-3-15-12-16(23)5-9-21(15,18)2/h7,15-19,23H,3-6,8-9,11-13H2,1-2H3/b14-7+/t15-,16+,17+,18-,19-,20+,21-/m1/s1. The van der Waals surface area contributed by atoms with E-state index in [4.69, 9.17) is 5.26 Å². The van der Waals surface area contributed by atoms with Gasteiger partial charge in [0.15, 0.2) is 0 Å². The molecule has 4 rings (SSSR count). The van der Waals surface area contributed by atoms with E-state index in [1.165, 1.54) is 44.1 Å². The van der Waals surface area contributed by atoms with Crippen molar-refractivity contribution < 1.29 is 5.11 Å². The predicted octanol–water partition coefficient (Wildman–Crippen LogP) is 4.84. The van der Waals surface area contributed by atoms with E-state index in [-0.39, 0.29) is 6.10 Å². The second-order valence-electron chi connectivity index (χ2n) is 9.59. The molecular formula is C21H31NO. The summed E-state index contributed by atoms with van der Waals surface area (Å²) in [7, 11) is 0. The Hall–Kier alpha value is -0.810. The first kappa shape index (κ1) is 15.7. The molecule has 0 bridgehead atoms. The van der Waals surface area contributed by atoms with Crippen molar-refractivity contribution in [2.24, 2.45) is 34.5 Å². The first-order valence-electron chi connectivity index (χ1n) is 9.72. The number of hydrogen-bond acceptors (Lipinski definition) is 2. The van der Waals surface area contributed by atoms with E-state index < -0.39 is 0 Å². The molecule has 0 heterocycles. The largest absolute Gasteiger partial charge is 0.393 e. The highest BCUT2D eigenvalue weighted by molar-refractivity contribution is 5.23. The van der Waals surface area contributed by atoms with Gasteiger partial charge in [-0.05, 0) is 92.3 Å². The number of hydrogen-bond donors (Lipinski definition) is 1. The average Bonchev–Trinajstić information content (AvgIpc) is 2.84. The molecule has 0 aromatic heterocycles. The van der Waals surface area contributed by atoms with Gasteiger partial charge in [0.25, 0.3) is 0 Å². The second kappa shape index (κ2) is 5.35. The van der Waals surface area contributed by atoms with Gasteiger partial charge in [-0.2, -0.15) is 5.26 Å². The number of nitriles is 1. The van der Waals surface area contributed by atoms with Crippen LogP contribution in [0.25, 0.3) is 0 Å². The monoisotopic (exact) mass is 313 g/mol. The highest BCUT2D eigenvalue weighted by atomic mass is 16.3. The molecule has 0 aromatic carbocycles. The van der Waals surface area contributed by atoms with Gasteiger partial charge in [0.2, 0.25) is 0 Å². The van der Waals surface area contributed by atoms with Crippen LogP contribution in [0.2, 0.25) is 0 Å². The Morgan fingerprint density at radius 2 is 1.96 bits per heavy atom. The van der Waals surface area contributed by atoms with Crippen LogP contribution in [0, 0.1) is 45.8 Å². The van der Waals surface area contributed by atoms with Crippen LogP contribution < -0.4 is 0 Å². The molecule has 126 valence electrons. The van der Waals surface area contributed by atoms with E-state index in [1.807, 2.05) is 6.08 Å². The van der Waals surface area contributed by atoms with E-state index >= 15 is 0 Å². The van der Waals surface area contributed by atoms with E-state index in [9.17, 15) is 5.11 Å². The van der Waals surface area contributed by atoms with Crippen LogP contribution in [0.4, 0.5) is 0 Å². The molecule has 1 N–H and O–H groups in total. The van der Waals surface area contributed by atoms with Crippen molar-refractivity contribution in [3.05, 3.63) is 11.6 Å². The van der Waals surface area contributed by atoms with Crippen LogP contribution in [0.15, 0.2) is 11.6 Å². The molecule has 0 spiro atoms. The Kier molecular flexibility index (Phi) is 3.65. The molecule has 0 aliphatic heterocycles. The van der Waals surface area contributed by atoms with Gasteiger partial charge in [0, 0.05) is 6.08 Å². The molecule has 4 fully saturated rings. The van der Waals surface area contributed by atoms with Gasteiger partial charge in [0.1, 0.15) is 0 Å². The lowest BCUT2D eigenvalue weighted by atomic mass is 9.45. The SMILES string of the molecule is C[C@@]12CC[C@@H]3[C@H](CC[C@@H]4C[C@@H](O)CC[C@]43C)[C@H]1C/C(=C\C#N)C2. The van der Waals surface area contributed by atoms with Crippen molar-refractivity contribution in [1.82, 2.24) is 0 Å². The van der Waals surface area contributed by atoms with Crippen LogP contribution in [0.5, 0.6) is 0 Å². The molecule has 7 atom stereocenters. The summed E-state index contributed by atoms with van der Waals surface area (Å²) in [6.07, 6.45) is 12.8. The maximum atomic E-state index is 10.1. The molecular weight excluding hydrogens is 282 g/mol. The zero-order chi connectivity index (χ0) is 16.2. The van der Waals surface area contributed by atoms with E-state index in [1.54, 1.807) is 0 Å². The van der Waals surface area contributed by atoms with Gasteiger partial charge in [0.05, 0.1) is 12.2 Å². The van der Waals surface area contributed by atoms with Crippen molar-refractivity contribution in [3.8, 4) is 6.07 Å². The third-order valence-corrected chi connectivity index (χ3v) is 8.54. The Labute approximate surface area is 141 Å². The molecule has 0 amide bonds. The van der Waals surface area contributed by atoms with Crippen molar-refractivity contribution in [2.75, 3.05) is 0 Å². The maximum Gasteiger partial charge on any atom is 0.0911 e. The van der Waals surface area contributed by atoms with E-state index in [0.29, 0.717) is 10.8 Å². The smallest absolute Gasteiger partial charge is 0.0911 e. The highest BCUT2D eigenvalue weighted by Gasteiger charge is 2.58. The molecule has 4 saturated carbocycles. The Morgan fingerprint density at radius 1 is 1.13 bits per heavy atom. The Balaban J connectivity index is 1.62. The molecule has 0 radical (unpaired) electrons. The third-order valence-electron chi connectivity index (χ3n) is 8.54. The summed E-state index contributed by atoms with van der Waals surface area (Å²) >= 11 is 0. The van der Waals surface area contributed by atoms with Crippen molar-refractivity contribution in [2.45, 2.75) is 77.7 Å². The summed E-state index contributed by atoms with van der Waals surface area (Å²) in [5.74, 6) is 3.25. The lowest BCUT2D eigenvalue weighted by Crippen LogP contribution is -2.53. The van der Waals surface area contributed by atoms with Crippen LogP contribution in [0.1, 0.15) is 71.6 Å². The van der Waals surface area contributed by atoms with E-state index in [0.717, 1.165) is 42.9 Å².